The molecule has 0 saturated carbocycles. The van der Waals surface area contributed by atoms with E-state index in [1.807, 2.05) is 19.1 Å². The number of nitrogens with one attached hydrogen (secondary N) is 1. The Labute approximate surface area is 126 Å². The Morgan fingerprint density at radius 2 is 1.81 bits per heavy atom. The van der Waals surface area contributed by atoms with Crippen molar-refractivity contribution in [3.05, 3.63) is 64.5 Å². The minimum atomic E-state index is -0.263. The minimum Gasteiger partial charge on any atom is -0.489 e. The van der Waals surface area contributed by atoms with Crippen LogP contribution in [0.15, 0.2) is 36.4 Å². The fraction of sp³-hybridized carbons (Fsp3) is 0.333. The van der Waals surface area contributed by atoms with Crippen molar-refractivity contribution in [2.24, 2.45) is 0 Å². The largest absolute Gasteiger partial charge is 0.489 e. The number of rotatable bonds is 6. The molecule has 1 N–H and O–H groups in total. The molecule has 0 aromatic heterocycles. The summed E-state index contributed by atoms with van der Waals surface area (Å²) in [7, 11) is 0. The molecule has 2 aromatic rings. The van der Waals surface area contributed by atoms with Gasteiger partial charge in [0, 0.05) is 12.6 Å². The molecule has 0 bridgehead atoms. The van der Waals surface area contributed by atoms with Gasteiger partial charge in [0.25, 0.3) is 0 Å². The first kappa shape index (κ1) is 15.5. The van der Waals surface area contributed by atoms with Gasteiger partial charge < -0.3 is 10.1 Å². The van der Waals surface area contributed by atoms with Gasteiger partial charge in [-0.3, -0.25) is 0 Å². The van der Waals surface area contributed by atoms with Crippen LogP contribution in [0.2, 0.25) is 0 Å². The zero-order chi connectivity index (χ0) is 15.2. The number of benzene rings is 2. The number of hydrogen-bond donors (Lipinski definition) is 1. The third kappa shape index (κ3) is 4.57. The van der Waals surface area contributed by atoms with Crippen molar-refractivity contribution >= 4 is 0 Å². The van der Waals surface area contributed by atoms with Crippen LogP contribution in [0.3, 0.4) is 0 Å². The Balaban J connectivity index is 2.05. The fourth-order valence-corrected chi connectivity index (χ4v) is 2.14. The molecular formula is C18H22FNO. The number of hydrogen-bond acceptors (Lipinski definition) is 2. The number of aryl methyl sites for hydroxylation is 2. The molecular weight excluding hydrogens is 265 g/mol. The average Bonchev–Trinajstić information content (AvgIpc) is 2.46. The third-order valence-corrected chi connectivity index (χ3v) is 3.49. The van der Waals surface area contributed by atoms with Crippen LogP contribution < -0.4 is 10.1 Å². The maximum absolute atomic E-state index is 13.6. The fourth-order valence-electron chi connectivity index (χ4n) is 2.14. The molecule has 0 aliphatic carbocycles. The number of ether oxygens (including phenoxy) is 1. The first-order valence-corrected chi connectivity index (χ1v) is 7.27. The van der Waals surface area contributed by atoms with Crippen LogP contribution in [-0.2, 0) is 13.2 Å². The Hall–Kier alpha value is -1.87. The lowest BCUT2D eigenvalue weighted by molar-refractivity contribution is 0.304. The summed E-state index contributed by atoms with van der Waals surface area (Å²) < 4.78 is 19.3. The summed E-state index contributed by atoms with van der Waals surface area (Å²) >= 11 is 0. The van der Waals surface area contributed by atoms with Crippen molar-refractivity contribution in [3.63, 3.8) is 0 Å². The molecule has 21 heavy (non-hydrogen) atoms. The second-order valence-electron chi connectivity index (χ2n) is 5.28. The molecule has 2 nitrogen and oxygen atoms in total. The second kappa shape index (κ2) is 7.23. The smallest absolute Gasteiger partial charge is 0.127 e. The topological polar surface area (TPSA) is 21.3 Å². The van der Waals surface area contributed by atoms with Gasteiger partial charge in [-0.05, 0) is 54.8 Å². The molecule has 0 radical (unpaired) electrons. The van der Waals surface area contributed by atoms with Crippen LogP contribution in [-0.4, -0.2) is 6.54 Å². The van der Waals surface area contributed by atoms with E-state index in [4.69, 9.17) is 4.74 Å². The predicted molar refractivity (Wildman–Crippen MR) is 84.0 cm³/mol. The van der Waals surface area contributed by atoms with E-state index in [-0.39, 0.29) is 5.82 Å². The highest BCUT2D eigenvalue weighted by Crippen LogP contribution is 2.19. The molecule has 2 aromatic carbocycles. The minimum absolute atomic E-state index is 0.263. The summed E-state index contributed by atoms with van der Waals surface area (Å²) in [6.07, 6.45) is 0. The van der Waals surface area contributed by atoms with Crippen LogP contribution in [0, 0.1) is 19.7 Å². The maximum Gasteiger partial charge on any atom is 0.127 e. The maximum atomic E-state index is 13.6. The zero-order valence-electron chi connectivity index (χ0n) is 12.9. The van der Waals surface area contributed by atoms with E-state index in [0.29, 0.717) is 18.9 Å². The third-order valence-electron chi connectivity index (χ3n) is 3.49. The first-order chi connectivity index (χ1) is 10.1. The molecule has 0 amide bonds. The standard InChI is InChI=1S/C18H22FNO/c1-4-20-11-16-8-17(19)10-18(9-16)21-12-15-6-5-13(2)14(3)7-15/h5-10,20H,4,11-12H2,1-3H3. The van der Waals surface area contributed by atoms with Gasteiger partial charge in [-0.1, -0.05) is 25.1 Å². The van der Waals surface area contributed by atoms with Gasteiger partial charge in [0.05, 0.1) is 0 Å². The van der Waals surface area contributed by atoms with Crippen molar-refractivity contribution in [1.29, 1.82) is 0 Å². The van der Waals surface area contributed by atoms with Gasteiger partial charge in [-0.15, -0.1) is 0 Å². The summed E-state index contributed by atoms with van der Waals surface area (Å²) in [6.45, 7) is 8.14. The highest BCUT2D eigenvalue weighted by molar-refractivity contribution is 5.32. The average molecular weight is 287 g/mol. The van der Waals surface area contributed by atoms with Crippen LogP contribution in [0.4, 0.5) is 4.39 Å². The molecule has 3 heteroatoms. The quantitative estimate of drug-likeness (QED) is 0.862. The molecule has 0 heterocycles. The van der Waals surface area contributed by atoms with Crippen LogP contribution in [0.25, 0.3) is 0 Å². The molecule has 0 aliphatic rings. The van der Waals surface area contributed by atoms with E-state index in [2.05, 4.69) is 31.3 Å². The molecule has 0 fully saturated rings. The van der Waals surface area contributed by atoms with Gasteiger partial charge >= 0.3 is 0 Å². The number of halogens is 1. The predicted octanol–water partition coefficient (Wildman–Crippen LogP) is 4.13. The summed E-state index contributed by atoms with van der Waals surface area (Å²) in [5, 5.41) is 3.18. The van der Waals surface area contributed by atoms with E-state index < -0.39 is 0 Å². The van der Waals surface area contributed by atoms with Gasteiger partial charge in [-0.2, -0.15) is 0 Å². The normalized spacial score (nSPS) is 10.7. The Bertz CT molecular complexity index is 610. The molecule has 0 saturated heterocycles. The molecule has 0 unspecified atom stereocenters. The Morgan fingerprint density at radius 1 is 1.00 bits per heavy atom. The van der Waals surface area contributed by atoms with Crippen molar-refractivity contribution < 1.29 is 9.13 Å². The highest BCUT2D eigenvalue weighted by Gasteiger charge is 2.03. The summed E-state index contributed by atoms with van der Waals surface area (Å²) in [5.74, 6) is 0.307. The van der Waals surface area contributed by atoms with Gasteiger partial charge in [-0.25, -0.2) is 4.39 Å². The monoisotopic (exact) mass is 287 g/mol. The van der Waals surface area contributed by atoms with Crippen LogP contribution >= 0.6 is 0 Å². The molecule has 112 valence electrons. The van der Waals surface area contributed by atoms with Crippen LogP contribution in [0.5, 0.6) is 5.75 Å². The Kier molecular flexibility index (Phi) is 5.34. The summed E-state index contributed by atoms with van der Waals surface area (Å²) in [6, 6.07) is 11.1. The lowest BCUT2D eigenvalue weighted by Gasteiger charge is -2.10. The molecule has 0 atom stereocenters. The van der Waals surface area contributed by atoms with Crippen LogP contribution in [0.1, 0.15) is 29.2 Å². The second-order valence-corrected chi connectivity index (χ2v) is 5.28. The van der Waals surface area contributed by atoms with E-state index in [1.54, 1.807) is 0 Å². The van der Waals surface area contributed by atoms with Gasteiger partial charge in [0.15, 0.2) is 0 Å². The summed E-state index contributed by atoms with van der Waals surface area (Å²) in [5.41, 5.74) is 4.49. The van der Waals surface area contributed by atoms with E-state index in [1.165, 1.54) is 23.3 Å². The van der Waals surface area contributed by atoms with Crippen molar-refractivity contribution in [1.82, 2.24) is 5.32 Å². The molecule has 0 spiro atoms. The van der Waals surface area contributed by atoms with Crippen molar-refractivity contribution in [2.75, 3.05) is 6.54 Å². The lowest BCUT2D eigenvalue weighted by atomic mass is 10.1. The molecule has 2 rings (SSSR count). The lowest BCUT2D eigenvalue weighted by Crippen LogP contribution is -2.12. The van der Waals surface area contributed by atoms with Crippen molar-refractivity contribution in [2.45, 2.75) is 33.9 Å². The van der Waals surface area contributed by atoms with Gasteiger partial charge in [0.2, 0.25) is 0 Å². The van der Waals surface area contributed by atoms with E-state index >= 15 is 0 Å². The highest BCUT2D eigenvalue weighted by atomic mass is 19.1. The van der Waals surface area contributed by atoms with E-state index in [0.717, 1.165) is 17.7 Å². The molecule has 0 aliphatic heterocycles. The SMILES string of the molecule is CCNCc1cc(F)cc(OCc2ccc(C)c(C)c2)c1. The summed E-state index contributed by atoms with van der Waals surface area (Å²) in [4.78, 5) is 0. The van der Waals surface area contributed by atoms with Gasteiger partial charge in [0.1, 0.15) is 18.2 Å². The Morgan fingerprint density at radius 3 is 2.52 bits per heavy atom. The first-order valence-electron chi connectivity index (χ1n) is 7.27. The van der Waals surface area contributed by atoms with Crippen molar-refractivity contribution in [3.8, 4) is 5.75 Å². The zero-order valence-corrected chi connectivity index (χ0v) is 12.9. The van der Waals surface area contributed by atoms with E-state index in [9.17, 15) is 4.39 Å².